The topological polar surface area (TPSA) is 85.7 Å². The van der Waals surface area contributed by atoms with Crippen LogP contribution in [0, 0.1) is 6.92 Å². The minimum atomic E-state index is 0.438. The zero-order valence-corrected chi connectivity index (χ0v) is 12.9. The molecule has 0 spiro atoms. The van der Waals surface area contributed by atoms with E-state index in [1.807, 2.05) is 31.2 Å². The number of benzene rings is 1. The standard InChI is InChI=1S/C16H16N6O/c1-11-7-18-13(8-17-11)9-19-16-21-15(10-20-22-16)12-4-3-5-14(6-12)23-2/h3-8,10H,9H2,1-2H3,(H,19,21,22). The quantitative estimate of drug-likeness (QED) is 0.773. The summed E-state index contributed by atoms with van der Waals surface area (Å²) in [6, 6.07) is 7.64. The summed E-state index contributed by atoms with van der Waals surface area (Å²) in [7, 11) is 1.63. The smallest absolute Gasteiger partial charge is 0.243 e. The number of methoxy groups -OCH3 is 1. The van der Waals surface area contributed by atoms with E-state index in [9.17, 15) is 0 Å². The Balaban J connectivity index is 1.75. The Labute approximate surface area is 133 Å². The molecule has 1 aromatic carbocycles. The number of anilines is 1. The largest absolute Gasteiger partial charge is 0.497 e. The summed E-state index contributed by atoms with van der Waals surface area (Å²) in [4.78, 5) is 12.9. The Kier molecular flexibility index (Phi) is 4.37. The molecule has 0 aliphatic carbocycles. The van der Waals surface area contributed by atoms with Crippen LogP contribution in [0.3, 0.4) is 0 Å². The summed E-state index contributed by atoms with van der Waals surface area (Å²) >= 11 is 0. The van der Waals surface area contributed by atoms with E-state index in [0.717, 1.165) is 28.4 Å². The maximum absolute atomic E-state index is 5.23. The molecular formula is C16H16N6O. The van der Waals surface area contributed by atoms with Gasteiger partial charge in [-0.2, -0.15) is 5.10 Å². The van der Waals surface area contributed by atoms with Gasteiger partial charge in [-0.05, 0) is 19.1 Å². The summed E-state index contributed by atoms with van der Waals surface area (Å²) in [5.74, 6) is 1.21. The highest BCUT2D eigenvalue weighted by Crippen LogP contribution is 2.21. The Hall–Kier alpha value is -3.09. The van der Waals surface area contributed by atoms with E-state index < -0.39 is 0 Å². The van der Waals surface area contributed by atoms with E-state index >= 15 is 0 Å². The number of nitrogens with zero attached hydrogens (tertiary/aromatic N) is 5. The van der Waals surface area contributed by atoms with E-state index in [-0.39, 0.29) is 0 Å². The van der Waals surface area contributed by atoms with Crippen LogP contribution in [0.4, 0.5) is 5.95 Å². The van der Waals surface area contributed by atoms with Crippen molar-refractivity contribution in [2.45, 2.75) is 13.5 Å². The number of nitrogens with one attached hydrogen (secondary N) is 1. The first-order chi connectivity index (χ1) is 11.2. The maximum atomic E-state index is 5.23. The van der Waals surface area contributed by atoms with E-state index in [0.29, 0.717) is 12.5 Å². The molecule has 3 aromatic rings. The molecule has 2 aromatic heterocycles. The summed E-state index contributed by atoms with van der Waals surface area (Å²) in [6.07, 6.45) is 5.07. The Morgan fingerprint density at radius 1 is 1.13 bits per heavy atom. The van der Waals surface area contributed by atoms with E-state index in [1.165, 1.54) is 0 Å². The van der Waals surface area contributed by atoms with Gasteiger partial charge in [-0.15, -0.1) is 5.10 Å². The SMILES string of the molecule is COc1cccc(-c2cnnc(NCc3cnc(C)cn3)n2)c1. The molecule has 0 aliphatic heterocycles. The zero-order chi connectivity index (χ0) is 16.1. The second kappa shape index (κ2) is 6.78. The molecule has 7 nitrogen and oxygen atoms in total. The molecule has 0 saturated heterocycles. The highest BCUT2D eigenvalue weighted by molar-refractivity contribution is 5.61. The number of ether oxygens (including phenoxy) is 1. The molecule has 2 heterocycles. The van der Waals surface area contributed by atoms with Crippen LogP contribution in [-0.2, 0) is 6.54 Å². The third-order valence-corrected chi connectivity index (χ3v) is 3.19. The van der Waals surface area contributed by atoms with Gasteiger partial charge >= 0.3 is 0 Å². The average Bonchev–Trinajstić information content (AvgIpc) is 2.61. The van der Waals surface area contributed by atoms with Crippen molar-refractivity contribution in [3.05, 3.63) is 54.2 Å². The van der Waals surface area contributed by atoms with E-state index in [4.69, 9.17) is 4.74 Å². The fraction of sp³-hybridized carbons (Fsp3) is 0.188. The summed E-state index contributed by atoms with van der Waals surface area (Å²) in [5.41, 5.74) is 3.33. The van der Waals surface area contributed by atoms with Crippen molar-refractivity contribution in [3.63, 3.8) is 0 Å². The van der Waals surface area contributed by atoms with Crippen LogP contribution < -0.4 is 10.1 Å². The van der Waals surface area contributed by atoms with Crippen molar-refractivity contribution in [2.24, 2.45) is 0 Å². The third-order valence-electron chi connectivity index (χ3n) is 3.19. The number of aryl methyl sites for hydroxylation is 1. The Morgan fingerprint density at radius 3 is 2.83 bits per heavy atom. The molecule has 7 heteroatoms. The van der Waals surface area contributed by atoms with Crippen LogP contribution in [0.15, 0.2) is 42.9 Å². The van der Waals surface area contributed by atoms with Crippen LogP contribution in [0.5, 0.6) is 5.75 Å². The number of rotatable bonds is 5. The first-order valence-corrected chi connectivity index (χ1v) is 7.10. The molecule has 0 fully saturated rings. The van der Waals surface area contributed by atoms with Crippen LogP contribution >= 0.6 is 0 Å². The highest BCUT2D eigenvalue weighted by Gasteiger charge is 2.05. The fourth-order valence-electron chi connectivity index (χ4n) is 1.98. The molecule has 3 rings (SSSR count). The molecule has 0 amide bonds. The minimum absolute atomic E-state index is 0.438. The fourth-order valence-corrected chi connectivity index (χ4v) is 1.98. The second-order valence-electron chi connectivity index (χ2n) is 4.90. The predicted molar refractivity (Wildman–Crippen MR) is 85.9 cm³/mol. The molecule has 0 saturated carbocycles. The van der Waals surface area contributed by atoms with Gasteiger partial charge in [-0.25, -0.2) is 4.98 Å². The Morgan fingerprint density at radius 2 is 2.04 bits per heavy atom. The van der Waals surface area contributed by atoms with Crippen molar-refractivity contribution in [1.29, 1.82) is 0 Å². The van der Waals surface area contributed by atoms with Gasteiger partial charge in [0.25, 0.3) is 0 Å². The molecule has 1 N–H and O–H groups in total. The lowest BCUT2D eigenvalue weighted by molar-refractivity contribution is 0.415. The van der Waals surface area contributed by atoms with Crippen LogP contribution in [0.25, 0.3) is 11.3 Å². The minimum Gasteiger partial charge on any atom is -0.497 e. The maximum Gasteiger partial charge on any atom is 0.243 e. The lowest BCUT2D eigenvalue weighted by Gasteiger charge is -2.06. The van der Waals surface area contributed by atoms with E-state index in [1.54, 1.807) is 25.7 Å². The first kappa shape index (κ1) is 14.8. The summed E-state index contributed by atoms with van der Waals surface area (Å²) in [5, 5.41) is 11.1. The van der Waals surface area contributed by atoms with Crippen molar-refractivity contribution < 1.29 is 4.74 Å². The zero-order valence-electron chi connectivity index (χ0n) is 12.9. The van der Waals surface area contributed by atoms with Gasteiger partial charge in [0, 0.05) is 11.8 Å². The van der Waals surface area contributed by atoms with Gasteiger partial charge in [0.15, 0.2) is 0 Å². The third kappa shape index (κ3) is 3.76. The van der Waals surface area contributed by atoms with Gasteiger partial charge in [0.1, 0.15) is 5.75 Å². The molecule has 0 radical (unpaired) electrons. The lowest BCUT2D eigenvalue weighted by atomic mass is 10.1. The number of aromatic nitrogens is 5. The normalized spacial score (nSPS) is 10.3. The molecule has 0 unspecified atom stereocenters. The number of hydrogen-bond donors (Lipinski definition) is 1. The monoisotopic (exact) mass is 308 g/mol. The number of hydrogen-bond acceptors (Lipinski definition) is 7. The molecular weight excluding hydrogens is 292 g/mol. The lowest BCUT2D eigenvalue weighted by Crippen LogP contribution is -2.07. The predicted octanol–water partition coefficient (Wildman–Crippen LogP) is 2.26. The van der Waals surface area contributed by atoms with Gasteiger partial charge < -0.3 is 10.1 Å². The molecule has 116 valence electrons. The van der Waals surface area contributed by atoms with Crippen molar-refractivity contribution in [3.8, 4) is 17.0 Å². The van der Waals surface area contributed by atoms with Crippen LogP contribution in [0.2, 0.25) is 0 Å². The van der Waals surface area contributed by atoms with Crippen molar-refractivity contribution in [2.75, 3.05) is 12.4 Å². The van der Waals surface area contributed by atoms with Gasteiger partial charge in [-0.1, -0.05) is 12.1 Å². The highest BCUT2D eigenvalue weighted by atomic mass is 16.5. The second-order valence-corrected chi connectivity index (χ2v) is 4.90. The first-order valence-electron chi connectivity index (χ1n) is 7.10. The average molecular weight is 308 g/mol. The van der Waals surface area contributed by atoms with Gasteiger partial charge in [0.2, 0.25) is 5.95 Å². The van der Waals surface area contributed by atoms with Crippen LogP contribution in [0.1, 0.15) is 11.4 Å². The van der Waals surface area contributed by atoms with E-state index in [2.05, 4.69) is 30.5 Å². The van der Waals surface area contributed by atoms with Crippen molar-refractivity contribution >= 4 is 5.95 Å². The molecule has 23 heavy (non-hydrogen) atoms. The van der Waals surface area contributed by atoms with Crippen LogP contribution in [-0.4, -0.2) is 32.3 Å². The summed E-state index contributed by atoms with van der Waals surface area (Å²) < 4.78 is 5.23. The molecule has 0 aliphatic rings. The molecule has 0 bridgehead atoms. The summed E-state index contributed by atoms with van der Waals surface area (Å²) in [6.45, 7) is 2.38. The Bertz CT molecular complexity index is 791. The van der Waals surface area contributed by atoms with Gasteiger partial charge in [0.05, 0.1) is 43.1 Å². The van der Waals surface area contributed by atoms with Gasteiger partial charge in [-0.3, -0.25) is 9.97 Å². The van der Waals surface area contributed by atoms with Crippen molar-refractivity contribution in [1.82, 2.24) is 25.1 Å². The molecule has 0 atom stereocenters.